The van der Waals surface area contributed by atoms with E-state index >= 15 is 0 Å². The monoisotopic (exact) mass is 393 g/mol. The van der Waals surface area contributed by atoms with Crippen LogP contribution < -0.4 is 4.74 Å². The van der Waals surface area contributed by atoms with Gasteiger partial charge in [-0.25, -0.2) is 4.39 Å². The van der Waals surface area contributed by atoms with Crippen molar-refractivity contribution in [3.63, 3.8) is 0 Å². The number of benzene rings is 3. The number of halogens is 1. The van der Waals surface area contributed by atoms with Gasteiger partial charge in [0.15, 0.2) is 0 Å². The molecule has 3 aromatic rings. The molecule has 0 aliphatic carbocycles. The molecule has 6 heteroatoms. The minimum atomic E-state index is -0.357. The van der Waals surface area contributed by atoms with E-state index in [2.05, 4.69) is 0 Å². The number of imide groups is 1. The van der Waals surface area contributed by atoms with E-state index in [1.807, 2.05) is 36.4 Å². The van der Waals surface area contributed by atoms with Gasteiger partial charge in [0.05, 0.1) is 18.6 Å². The molecule has 1 aliphatic rings. The van der Waals surface area contributed by atoms with Gasteiger partial charge in [-0.15, -0.1) is 0 Å². The van der Waals surface area contributed by atoms with Gasteiger partial charge in [0.1, 0.15) is 11.6 Å². The van der Waals surface area contributed by atoms with Crippen LogP contribution in [-0.2, 0) is 11.3 Å². The van der Waals surface area contributed by atoms with Gasteiger partial charge >= 0.3 is 0 Å². The summed E-state index contributed by atoms with van der Waals surface area (Å²) in [5, 5.41) is 1.54. The SMILES string of the molecule is COc1ccc(/C=C2/SC(=O)N(Cc3ccc(F)cc3)C2=O)c2ccccc12. The zero-order valence-electron chi connectivity index (χ0n) is 15.0. The minimum absolute atomic E-state index is 0.117. The van der Waals surface area contributed by atoms with Crippen molar-refractivity contribution in [2.24, 2.45) is 0 Å². The van der Waals surface area contributed by atoms with Crippen molar-refractivity contribution in [2.45, 2.75) is 6.54 Å². The molecule has 0 saturated carbocycles. The summed E-state index contributed by atoms with van der Waals surface area (Å²) < 4.78 is 18.5. The molecule has 0 atom stereocenters. The zero-order chi connectivity index (χ0) is 19.7. The van der Waals surface area contributed by atoms with Crippen LogP contribution in [0.5, 0.6) is 5.75 Å². The summed E-state index contributed by atoms with van der Waals surface area (Å²) in [5.74, 6) is 0.0422. The van der Waals surface area contributed by atoms with Crippen LogP contribution in [-0.4, -0.2) is 23.2 Å². The van der Waals surface area contributed by atoms with Gasteiger partial charge in [-0.1, -0.05) is 42.5 Å². The average molecular weight is 393 g/mol. The molecule has 0 N–H and O–H groups in total. The van der Waals surface area contributed by atoms with E-state index < -0.39 is 0 Å². The van der Waals surface area contributed by atoms with Crippen molar-refractivity contribution in [3.8, 4) is 5.75 Å². The molecule has 1 heterocycles. The fraction of sp³-hybridized carbons (Fsp3) is 0.0909. The van der Waals surface area contributed by atoms with Crippen LogP contribution in [0.15, 0.2) is 65.6 Å². The summed E-state index contributed by atoms with van der Waals surface area (Å²) in [6.07, 6.45) is 1.73. The standard InChI is InChI=1S/C22H16FNO3S/c1-27-19-11-8-15(17-4-2-3-5-18(17)19)12-20-21(25)24(22(26)28-20)13-14-6-9-16(23)10-7-14/h2-12H,13H2,1H3/b20-12+. The zero-order valence-corrected chi connectivity index (χ0v) is 15.8. The molecule has 3 aromatic carbocycles. The Kier molecular flexibility index (Phi) is 4.88. The highest BCUT2D eigenvalue weighted by molar-refractivity contribution is 8.18. The van der Waals surface area contributed by atoms with Crippen LogP contribution in [0.25, 0.3) is 16.8 Å². The second-order valence-corrected chi connectivity index (χ2v) is 7.29. The molecule has 2 amide bonds. The first-order chi connectivity index (χ1) is 13.6. The number of methoxy groups -OCH3 is 1. The Hall–Kier alpha value is -3.12. The first-order valence-corrected chi connectivity index (χ1v) is 9.44. The van der Waals surface area contributed by atoms with Crippen LogP contribution >= 0.6 is 11.8 Å². The normalized spacial score (nSPS) is 15.6. The Labute approximate surface area is 165 Å². The Morgan fingerprint density at radius 3 is 2.43 bits per heavy atom. The Morgan fingerprint density at radius 1 is 1.00 bits per heavy atom. The number of nitrogens with zero attached hydrogens (tertiary/aromatic N) is 1. The highest BCUT2D eigenvalue weighted by Crippen LogP contribution is 2.36. The lowest BCUT2D eigenvalue weighted by atomic mass is 10.0. The largest absolute Gasteiger partial charge is 0.496 e. The van der Waals surface area contributed by atoms with E-state index in [0.717, 1.165) is 33.8 Å². The fourth-order valence-corrected chi connectivity index (χ4v) is 3.98. The second kappa shape index (κ2) is 7.48. The Balaban J connectivity index is 1.66. The molecular formula is C22H16FNO3S. The summed E-state index contributed by atoms with van der Waals surface area (Å²) in [4.78, 5) is 26.7. The summed E-state index contributed by atoms with van der Waals surface area (Å²) in [5.41, 5.74) is 1.53. The number of rotatable bonds is 4. The number of thioether (sulfide) groups is 1. The van der Waals surface area contributed by atoms with Crippen molar-refractivity contribution in [1.29, 1.82) is 0 Å². The van der Waals surface area contributed by atoms with E-state index in [4.69, 9.17) is 4.74 Å². The lowest BCUT2D eigenvalue weighted by molar-refractivity contribution is -0.123. The van der Waals surface area contributed by atoms with Crippen LogP contribution in [0.4, 0.5) is 9.18 Å². The molecule has 4 nitrogen and oxygen atoms in total. The summed E-state index contributed by atoms with van der Waals surface area (Å²) in [6, 6.07) is 17.2. The lowest BCUT2D eigenvalue weighted by Crippen LogP contribution is -2.27. The third-order valence-electron chi connectivity index (χ3n) is 4.55. The third kappa shape index (κ3) is 3.39. The molecule has 0 unspecified atom stereocenters. The summed E-state index contributed by atoms with van der Waals surface area (Å²) in [6.45, 7) is 0.117. The lowest BCUT2D eigenvalue weighted by Gasteiger charge is -2.12. The van der Waals surface area contributed by atoms with Gasteiger partial charge in [-0.3, -0.25) is 14.5 Å². The topological polar surface area (TPSA) is 46.6 Å². The molecule has 0 bridgehead atoms. The van der Waals surface area contributed by atoms with Crippen LogP contribution in [0.3, 0.4) is 0 Å². The molecule has 1 aliphatic heterocycles. The quantitative estimate of drug-likeness (QED) is 0.570. The molecule has 4 rings (SSSR count). The Morgan fingerprint density at radius 2 is 1.71 bits per heavy atom. The molecule has 1 saturated heterocycles. The predicted octanol–water partition coefficient (Wildman–Crippen LogP) is 5.22. The number of carbonyl (C=O) groups is 2. The van der Waals surface area contributed by atoms with Gasteiger partial charge in [0.2, 0.25) is 0 Å². The van der Waals surface area contributed by atoms with Gasteiger partial charge in [-0.2, -0.15) is 0 Å². The van der Waals surface area contributed by atoms with E-state index in [-0.39, 0.29) is 23.5 Å². The molecule has 1 fully saturated rings. The maximum absolute atomic E-state index is 13.1. The molecule has 140 valence electrons. The number of fused-ring (bicyclic) bond motifs is 1. The number of hydrogen-bond donors (Lipinski definition) is 0. The Bertz CT molecular complexity index is 1110. The minimum Gasteiger partial charge on any atom is -0.496 e. The first kappa shape index (κ1) is 18.3. The van der Waals surface area contributed by atoms with Crippen LogP contribution in [0, 0.1) is 5.82 Å². The summed E-state index contributed by atoms with van der Waals surface area (Å²) in [7, 11) is 1.61. The molecule has 0 radical (unpaired) electrons. The average Bonchev–Trinajstić information content (AvgIpc) is 2.97. The smallest absolute Gasteiger partial charge is 0.293 e. The molecule has 28 heavy (non-hydrogen) atoms. The number of amides is 2. The van der Waals surface area contributed by atoms with Gasteiger partial charge in [0, 0.05) is 5.39 Å². The van der Waals surface area contributed by atoms with E-state index in [1.54, 1.807) is 25.3 Å². The molecule has 0 aromatic heterocycles. The molecule has 0 spiro atoms. The number of hydrogen-bond acceptors (Lipinski definition) is 4. The summed E-state index contributed by atoms with van der Waals surface area (Å²) >= 11 is 0.911. The van der Waals surface area contributed by atoms with Crippen molar-refractivity contribution >= 4 is 39.8 Å². The number of carbonyl (C=O) groups excluding carboxylic acids is 2. The van der Waals surface area contributed by atoms with E-state index in [9.17, 15) is 14.0 Å². The van der Waals surface area contributed by atoms with Gasteiger partial charge < -0.3 is 4.74 Å². The van der Waals surface area contributed by atoms with Crippen LogP contribution in [0.1, 0.15) is 11.1 Å². The fourth-order valence-electron chi connectivity index (χ4n) is 3.15. The van der Waals surface area contributed by atoms with Crippen molar-refractivity contribution < 1.29 is 18.7 Å². The third-order valence-corrected chi connectivity index (χ3v) is 5.46. The van der Waals surface area contributed by atoms with E-state index in [0.29, 0.717) is 10.5 Å². The van der Waals surface area contributed by atoms with Crippen molar-refractivity contribution in [3.05, 3.63) is 82.5 Å². The van der Waals surface area contributed by atoms with Crippen molar-refractivity contribution in [2.75, 3.05) is 7.11 Å². The highest BCUT2D eigenvalue weighted by Gasteiger charge is 2.35. The van der Waals surface area contributed by atoms with Crippen molar-refractivity contribution in [1.82, 2.24) is 4.90 Å². The highest BCUT2D eigenvalue weighted by atomic mass is 32.2. The van der Waals surface area contributed by atoms with Gasteiger partial charge in [-0.05, 0) is 52.6 Å². The van der Waals surface area contributed by atoms with Gasteiger partial charge in [0.25, 0.3) is 11.1 Å². The molecular weight excluding hydrogens is 377 g/mol. The maximum atomic E-state index is 13.1. The second-order valence-electron chi connectivity index (χ2n) is 6.30. The number of ether oxygens (including phenoxy) is 1. The van der Waals surface area contributed by atoms with Crippen LogP contribution in [0.2, 0.25) is 0 Å². The maximum Gasteiger partial charge on any atom is 0.293 e. The predicted molar refractivity (Wildman–Crippen MR) is 108 cm³/mol. The first-order valence-electron chi connectivity index (χ1n) is 8.62. The van der Waals surface area contributed by atoms with E-state index in [1.165, 1.54) is 17.0 Å².